The Hall–Kier alpha value is -3.74. The minimum absolute atomic E-state index is 0.593. The molecule has 0 heterocycles. The van der Waals surface area contributed by atoms with Crippen molar-refractivity contribution in [2.24, 2.45) is 0 Å². The monoisotopic (exact) mass is 496 g/mol. The lowest BCUT2D eigenvalue weighted by Gasteiger charge is -2.20. The van der Waals surface area contributed by atoms with Gasteiger partial charge in [-0.2, -0.15) is 0 Å². The number of rotatable bonds is 13. The van der Waals surface area contributed by atoms with Gasteiger partial charge in [-0.05, 0) is 66.1 Å². The van der Waals surface area contributed by atoms with E-state index in [-0.39, 0.29) is 0 Å². The second-order valence-electron chi connectivity index (χ2n) is 8.15. The van der Waals surface area contributed by atoms with Crippen LogP contribution in [0.2, 0.25) is 0 Å². The van der Waals surface area contributed by atoms with Gasteiger partial charge in [-0.15, -0.1) is 0 Å². The zero-order chi connectivity index (χ0) is 26.1. The average molecular weight is 497 g/mol. The van der Waals surface area contributed by atoms with Crippen LogP contribution in [0.25, 0.3) is 0 Å². The van der Waals surface area contributed by atoms with Gasteiger partial charge >= 0.3 is 0 Å². The number of methoxy groups -OCH3 is 7. The largest absolute Gasteiger partial charge is 0.497 e. The van der Waals surface area contributed by atoms with Gasteiger partial charge in [-0.3, -0.25) is 0 Å². The fourth-order valence-corrected chi connectivity index (χ4v) is 4.40. The molecule has 3 rings (SSSR count). The van der Waals surface area contributed by atoms with Crippen LogP contribution in [0.3, 0.4) is 0 Å². The summed E-state index contributed by atoms with van der Waals surface area (Å²) in [5.74, 6) is 5.04. The van der Waals surface area contributed by atoms with Crippen LogP contribution in [0.1, 0.15) is 22.3 Å². The number of aryl methyl sites for hydroxylation is 4. The maximum absolute atomic E-state index is 5.78. The van der Waals surface area contributed by atoms with Crippen LogP contribution in [0.5, 0.6) is 40.2 Å². The standard InChI is InChI=1S/C29H36O7/c1-30-23-14-12-19(25(17-23)32-3)8-10-21-16-22(28(35-6)29(36-7)27(21)34-5)11-9-20-13-15-24(31-2)18-26(20)33-4/h12-18H,8-11H2,1-7H3. The van der Waals surface area contributed by atoms with Crippen molar-refractivity contribution in [1.29, 1.82) is 0 Å². The SMILES string of the molecule is COc1ccc(CCc2cc(CCc3ccc(OC)cc3OC)c(OC)c(OC)c2OC)c(OC)c1. The topological polar surface area (TPSA) is 64.6 Å². The van der Waals surface area contributed by atoms with Crippen LogP contribution in [0, 0.1) is 0 Å². The van der Waals surface area contributed by atoms with Crippen LogP contribution >= 0.6 is 0 Å². The lowest BCUT2D eigenvalue weighted by Crippen LogP contribution is -2.05. The third-order valence-corrected chi connectivity index (χ3v) is 6.27. The first-order valence-corrected chi connectivity index (χ1v) is 11.8. The molecule has 0 atom stereocenters. The Balaban J connectivity index is 1.93. The zero-order valence-electron chi connectivity index (χ0n) is 22.2. The number of hydrogen-bond acceptors (Lipinski definition) is 7. The molecule has 36 heavy (non-hydrogen) atoms. The van der Waals surface area contributed by atoms with Gasteiger partial charge in [0.2, 0.25) is 5.75 Å². The van der Waals surface area contributed by atoms with E-state index in [2.05, 4.69) is 6.07 Å². The molecule has 3 aromatic rings. The van der Waals surface area contributed by atoms with E-state index >= 15 is 0 Å². The molecular weight excluding hydrogens is 460 g/mol. The minimum atomic E-state index is 0.593. The predicted octanol–water partition coefficient (Wildman–Crippen LogP) is 5.32. The molecule has 0 radical (unpaired) electrons. The van der Waals surface area contributed by atoms with E-state index in [1.54, 1.807) is 49.8 Å². The molecule has 0 aliphatic rings. The summed E-state index contributed by atoms with van der Waals surface area (Å²) in [6.45, 7) is 0. The molecule has 0 aliphatic carbocycles. The van der Waals surface area contributed by atoms with E-state index in [0.717, 1.165) is 70.9 Å². The summed E-state index contributed by atoms with van der Waals surface area (Å²) in [7, 11) is 11.6. The lowest BCUT2D eigenvalue weighted by molar-refractivity contribution is 0.320. The molecule has 0 saturated heterocycles. The zero-order valence-corrected chi connectivity index (χ0v) is 22.2. The Morgan fingerprint density at radius 1 is 0.389 bits per heavy atom. The fourth-order valence-electron chi connectivity index (χ4n) is 4.40. The molecule has 3 aromatic carbocycles. The summed E-state index contributed by atoms with van der Waals surface area (Å²) in [5, 5.41) is 0. The Morgan fingerprint density at radius 3 is 1.11 bits per heavy atom. The summed E-state index contributed by atoms with van der Waals surface area (Å²) in [5.41, 5.74) is 4.23. The molecular formula is C29H36O7. The quantitative estimate of drug-likeness (QED) is 0.317. The van der Waals surface area contributed by atoms with Crippen LogP contribution in [-0.4, -0.2) is 49.8 Å². The first-order chi connectivity index (χ1) is 17.5. The number of benzene rings is 3. The second-order valence-corrected chi connectivity index (χ2v) is 8.15. The van der Waals surface area contributed by atoms with Gasteiger partial charge in [0.15, 0.2) is 11.5 Å². The van der Waals surface area contributed by atoms with Crippen molar-refractivity contribution >= 4 is 0 Å². The first kappa shape index (κ1) is 26.9. The van der Waals surface area contributed by atoms with E-state index < -0.39 is 0 Å². The van der Waals surface area contributed by atoms with Crippen molar-refractivity contribution in [2.75, 3.05) is 49.8 Å². The van der Waals surface area contributed by atoms with E-state index in [1.807, 2.05) is 36.4 Å². The smallest absolute Gasteiger partial charge is 0.203 e. The highest BCUT2D eigenvalue weighted by Crippen LogP contribution is 2.44. The second kappa shape index (κ2) is 12.8. The van der Waals surface area contributed by atoms with Crippen molar-refractivity contribution in [3.05, 3.63) is 64.7 Å². The van der Waals surface area contributed by atoms with Crippen molar-refractivity contribution in [1.82, 2.24) is 0 Å². The molecule has 0 amide bonds. The van der Waals surface area contributed by atoms with Gasteiger partial charge in [-0.1, -0.05) is 12.1 Å². The third kappa shape index (κ3) is 5.90. The van der Waals surface area contributed by atoms with Gasteiger partial charge in [0.05, 0.1) is 49.8 Å². The van der Waals surface area contributed by atoms with Gasteiger partial charge in [0, 0.05) is 12.1 Å². The molecule has 0 aromatic heterocycles. The van der Waals surface area contributed by atoms with Crippen LogP contribution in [0.15, 0.2) is 42.5 Å². The Labute approximate surface area is 213 Å². The maximum atomic E-state index is 5.78. The number of ether oxygens (including phenoxy) is 7. The molecule has 7 heteroatoms. The fraction of sp³-hybridized carbons (Fsp3) is 0.379. The lowest BCUT2D eigenvalue weighted by atomic mass is 9.96. The van der Waals surface area contributed by atoms with Gasteiger partial charge in [0.1, 0.15) is 23.0 Å². The maximum Gasteiger partial charge on any atom is 0.203 e. The highest BCUT2D eigenvalue weighted by molar-refractivity contribution is 5.60. The predicted molar refractivity (Wildman–Crippen MR) is 140 cm³/mol. The molecule has 0 spiro atoms. The van der Waals surface area contributed by atoms with Gasteiger partial charge in [0.25, 0.3) is 0 Å². The molecule has 0 saturated carbocycles. The first-order valence-electron chi connectivity index (χ1n) is 11.8. The molecule has 0 N–H and O–H groups in total. The van der Waals surface area contributed by atoms with Crippen molar-refractivity contribution in [2.45, 2.75) is 25.7 Å². The van der Waals surface area contributed by atoms with Crippen LogP contribution in [-0.2, 0) is 25.7 Å². The van der Waals surface area contributed by atoms with E-state index in [1.165, 1.54) is 0 Å². The van der Waals surface area contributed by atoms with E-state index in [4.69, 9.17) is 33.2 Å². The Morgan fingerprint density at radius 2 is 0.778 bits per heavy atom. The average Bonchev–Trinajstić information content (AvgIpc) is 2.93. The minimum Gasteiger partial charge on any atom is -0.497 e. The van der Waals surface area contributed by atoms with Crippen molar-refractivity contribution in [3.63, 3.8) is 0 Å². The summed E-state index contributed by atoms with van der Waals surface area (Å²) in [6.07, 6.45) is 2.96. The molecule has 0 bridgehead atoms. The van der Waals surface area contributed by atoms with Crippen molar-refractivity contribution in [3.8, 4) is 40.2 Å². The summed E-state index contributed by atoms with van der Waals surface area (Å²) in [6, 6.07) is 13.9. The number of hydrogen-bond donors (Lipinski definition) is 0. The molecule has 0 aliphatic heterocycles. The Bertz CT molecular complexity index is 1070. The Kier molecular flexibility index (Phi) is 9.56. The third-order valence-electron chi connectivity index (χ3n) is 6.27. The van der Waals surface area contributed by atoms with Crippen LogP contribution < -0.4 is 33.2 Å². The summed E-state index contributed by atoms with van der Waals surface area (Å²) in [4.78, 5) is 0. The highest BCUT2D eigenvalue weighted by atomic mass is 16.5. The normalized spacial score (nSPS) is 10.5. The van der Waals surface area contributed by atoms with Crippen LogP contribution in [0.4, 0.5) is 0 Å². The molecule has 0 fully saturated rings. The molecule has 0 unspecified atom stereocenters. The van der Waals surface area contributed by atoms with Gasteiger partial charge < -0.3 is 33.2 Å². The molecule has 194 valence electrons. The summed E-state index contributed by atoms with van der Waals surface area (Å²) < 4.78 is 39.2. The van der Waals surface area contributed by atoms with Gasteiger partial charge in [-0.25, -0.2) is 0 Å². The van der Waals surface area contributed by atoms with Crippen molar-refractivity contribution < 1.29 is 33.2 Å². The highest BCUT2D eigenvalue weighted by Gasteiger charge is 2.21. The van der Waals surface area contributed by atoms with E-state index in [9.17, 15) is 0 Å². The molecule has 7 nitrogen and oxygen atoms in total. The summed E-state index contributed by atoms with van der Waals surface area (Å²) >= 11 is 0. The van der Waals surface area contributed by atoms with E-state index in [0.29, 0.717) is 17.2 Å².